The zero-order chi connectivity index (χ0) is 30.9. The zero-order valence-corrected chi connectivity index (χ0v) is 25.6. The van der Waals surface area contributed by atoms with Crippen molar-refractivity contribution in [2.45, 2.75) is 64.6 Å². The molecule has 0 radical (unpaired) electrons. The molecule has 1 aliphatic rings. The van der Waals surface area contributed by atoms with Crippen LogP contribution in [-0.2, 0) is 27.3 Å². The number of carbonyl (C=O) groups is 3. The first-order valence-corrected chi connectivity index (χ1v) is 15.0. The standard InChI is InChI=1S/C32H40Cl2N4O4/c1-3-10-38(11-4-2)30(41)24-15-23(29(36)40)17-32(18-24,31(42)37-20-21-8-6-5-7-9-21)19-28(39)27(35)14-22-12-25(33)16-26(34)13-22/h5-9,12-13,15-17,27-28,39H,3-4,10-11,14,18-20,35H2,1-2H3,(H2,36,40)(H,37,42)/t27-,28+,32?/m0/s1. The lowest BCUT2D eigenvalue weighted by Crippen LogP contribution is -2.48. The summed E-state index contributed by atoms with van der Waals surface area (Å²) in [5.41, 5.74) is 12.6. The van der Waals surface area contributed by atoms with E-state index in [1.807, 2.05) is 44.2 Å². The molecule has 3 amide bonds. The quantitative estimate of drug-likeness (QED) is 0.251. The average Bonchev–Trinajstić information content (AvgIpc) is 2.95. The molecule has 1 unspecified atom stereocenters. The number of aliphatic hydroxyl groups excluding tert-OH is 1. The van der Waals surface area contributed by atoms with E-state index in [2.05, 4.69) is 5.32 Å². The first-order chi connectivity index (χ1) is 20.0. The van der Waals surface area contributed by atoms with Gasteiger partial charge >= 0.3 is 0 Å². The van der Waals surface area contributed by atoms with Crippen LogP contribution in [0.5, 0.6) is 0 Å². The Labute approximate surface area is 257 Å². The molecule has 1 aliphatic carbocycles. The summed E-state index contributed by atoms with van der Waals surface area (Å²) in [5, 5.41) is 15.2. The van der Waals surface area contributed by atoms with E-state index in [9.17, 15) is 19.5 Å². The number of amides is 3. The van der Waals surface area contributed by atoms with Crippen LogP contribution in [0.2, 0.25) is 10.0 Å². The first kappa shape index (κ1) is 33.3. The number of nitrogens with one attached hydrogen (secondary N) is 1. The van der Waals surface area contributed by atoms with Crippen molar-refractivity contribution >= 4 is 40.9 Å². The third-order valence-electron chi connectivity index (χ3n) is 7.31. The Kier molecular flexibility index (Phi) is 12.2. The number of rotatable bonds is 14. The molecule has 3 rings (SSSR count). The summed E-state index contributed by atoms with van der Waals surface area (Å²) in [6, 6.07) is 13.6. The van der Waals surface area contributed by atoms with Crippen molar-refractivity contribution in [2.24, 2.45) is 16.9 Å². The van der Waals surface area contributed by atoms with Gasteiger partial charge in [0.15, 0.2) is 0 Å². The highest BCUT2D eigenvalue weighted by molar-refractivity contribution is 6.34. The van der Waals surface area contributed by atoms with Crippen molar-refractivity contribution in [1.29, 1.82) is 0 Å². The van der Waals surface area contributed by atoms with Gasteiger partial charge in [-0.15, -0.1) is 0 Å². The average molecular weight is 616 g/mol. The minimum Gasteiger partial charge on any atom is -0.391 e. The van der Waals surface area contributed by atoms with Gasteiger partial charge in [0.05, 0.1) is 11.5 Å². The number of hydrogen-bond acceptors (Lipinski definition) is 5. The van der Waals surface area contributed by atoms with Gasteiger partial charge < -0.3 is 26.8 Å². The fourth-order valence-corrected chi connectivity index (χ4v) is 5.86. The third kappa shape index (κ3) is 8.91. The van der Waals surface area contributed by atoms with E-state index in [0.29, 0.717) is 23.1 Å². The van der Waals surface area contributed by atoms with Gasteiger partial charge in [0.2, 0.25) is 17.7 Å². The van der Waals surface area contributed by atoms with E-state index in [0.717, 1.165) is 24.0 Å². The Balaban J connectivity index is 1.97. The zero-order valence-electron chi connectivity index (χ0n) is 24.1. The fraction of sp³-hybridized carbons (Fsp3) is 0.406. The molecule has 0 spiro atoms. The van der Waals surface area contributed by atoms with E-state index >= 15 is 0 Å². The Hall–Kier alpha value is -3.17. The molecule has 0 heterocycles. The number of hydrogen-bond donors (Lipinski definition) is 4. The van der Waals surface area contributed by atoms with Gasteiger partial charge in [0.25, 0.3) is 0 Å². The fourth-order valence-electron chi connectivity index (χ4n) is 5.29. The number of nitrogens with zero attached hydrogens (tertiary/aromatic N) is 1. The van der Waals surface area contributed by atoms with Crippen molar-refractivity contribution in [3.63, 3.8) is 0 Å². The minimum atomic E-state index is -1.47. The lowest BCUT2D eigenvalue weighted by molar-refractivity contribution is -0.131. The van der Waals surface area contributed by atoms with Gasteiger partial charge in [0, 0.05) is 46.9 Å². The lowest BCUT2D eigenvalue weighted by Gasteiger charge is -2.37. The highest BCUT2D eigenvalue weighted by Gasteiger charge is 2.44. The highest BCUT2D eigenvalue weighted by atomic mass is 35.5. The predicted molar refractivity (Wildman–Crippen MR) is 167 cm³/mol. The summed E-state index contributed by atoms with van der Waals surface area (Å²) >= 11 is 12.3. The smallest absolute Gasteiger partial charge is 0.249 e. The molecular weight excluding hydrogens is 575 g/mol. The molecule has 10 heteroatoms. The summed E-state index contributed by atoms with van der Waals surface area (Å²) < 4.78 is 0. The van der Waals surface area contributed by atoms with Gasteiger partial charge in [-0.2, -0.15) is 0 Å². The van der Waals surface area contributed by atoms with Crippen LogP contribution in [0.25, 0.3) is 0 Å². The molecule has 8 nitrogen and oxygen atoms in total. The van der Waals surface area contributed by atoms with Crippen LogP contribution in [-0.4, -0.2) is 53.0 Å². The largest absolute Gasteiger partial charge is 0.391 e. The van der Waals surface area contributed by atoms with Crippen molar-refractivity contribution in [3.05, 3.63) is 93.0 Å². The van der Waals surface area contributed by atoms with Gasteiger partial charge in [-0.25, -0.2) is 0 Å². The van der Waals surface area contributed by atoms with Crippen LogP contribution >= 0.6 is 23.2 Å². The monoisotopic (exact) mass is 614 g/mol. The number of carbonyl (C=O) groups excluding carboxylic acids is 3. The summed E-state index contributed by atoms with van der Waals surface area (Å²) in [5.74, 6) is -1.48. The molecule has 226 valence electrons. The summed E-state index contributed by atoms with van der Waals surface area (Å²) in [4.78, 5) is 41.9. The Morgan fingerprint density at radius 2 is 1.64 bits per heavy atom. The summed E-state index contributed by atoms with van der Waals surface area (Å²) in [7, 11) is 0. The van der Waals surface area contributed by atoms with Crippen molar-refractivity contribution in [2.75, 3.05) is 13.1 Å². The van der Waals surface area contributed by atoms with E-state index < -0.39 is 29.4 Å². The topological polar surface area (TPSA) is 139 Å². The maximum atomic E-state index is 14.0. The molecule has 0 aliphatic heterocycles. The van der Waals surface area contributed by atoms with Gasteiger partial charge in [0.1, 0.15) is 0 Å². The second-order valence-corrected chi connectivity index (χ2v) is 11.7. The Morgan fingerprint density at radius 3 is 2.21 bits per heavy atom. The number of nitrogens with two attached hydrogens (primary N) is 2. The molecule has 0 aromatic heterocycles. The van der Waals surface area contributed by atoms with Gasteiger partial charge in [-0.3, -0.25) is 14.4 Å². The van der Waals surface area contributed by atoms with Gasteiger partial charge in [-0.1, -0.05) is 73.5 Å². The highest BCUT2D eigenvalue weighted by Crippen LogP contribution is 2.40. The molecule has 2 aromatic rings. The molecule has 2 aromatic carbocycles. The number of benzene rings is 2. The molecule has 3 atom stereocenters. The van der Waals surface area contributed by atoms with Gasteiger partial charge in [-0.05, 0) is 67.5 Å². The lowest BCUT2D eigenvalue weighted by atomic mass is 9.70. The van der Waals surface area contributed by atoms with Crippen LogP contribution in [0.15, 0.2) is 71.8 Å². The number of primary amides is 1. The molecule has 0 bridgehead atoms. The number of aliphatic hydroxyl groups is 1. The Morgan fingerprint density at radius 1 is 1.02 bits per heavy atom. The second kappa shape index (κ2) is 15.3. The molecule has 6 N–H and O–H groups in total. The van der Waals surface area contributed by atoms with Crippen LogP contribution in [0.1, 0.15) is 50.7 Å². The minimum absolute atomic E-state index is 0.0278. The molecule has 42 heavy (non-hydrogen) atoms. The number of halogens is 2. The van der Waals surface area contributed by atoms with Crippen molar-refractivity contribution < 1.29 is 19.5 Å². The van der Waals surface area contributed by atoms with Crippen LogP contribution in [0, 0.1) is 5.41 Å². The Bertz CT molecular complexity index is 1300. The van der Waals surface area contributed by atoms with Crippen molar-refractivity contribution in [1.82, 2.24) is 10.2 Å². The first-order valence-electron chi connectivity index (χ1n) is 14.2. The molecule has 0 saturated heterocycles. The molecule has 0 saturated carbocycles. The molecule has 0 fully saturated rings. The van der Waals surface area contributed by atoms with Crippen LogP contribution < -0.4 is 16.8 Å². The van der Waals surface area contributed by atoms with E-state index in [1.54, 1.807) is 23.1 Å². The SMILES string of the molecule is CCCN(CCC)C(=O)C1=CC(C(N)=O)=CC(C[C@@H](O)[C@@H](N)Cc2cc(Cl)cc(Cl)c2)(C(=O)NCc2ccccc2)C1. The maximum absolute atomic E-state index is 14.0. The summed E-state index contributed by atoms with van der Waals surface area (Å²) in [6.07, 6.45) is 3.31. The van der Waals surface area contributed by atoms with Crippen LogP contribution in [0.4, 0.5) is 0 Å². The van der Waals surface area contributed by atoms with E-state index in [1.165, 1.54) is 12.2 Å². The second-order valence-electron chi connectivity index (χ2n) is 10.8. The van der Waals surface area contributed by atoms with E-state index in [-0.39, 0.29) is 42.9 Å². The van der Waals surface area contributed by atoms with Crippen LogP contribution in [0.3, 0.4) is 0 Å². The maximum Gasteiger partial charge on any atom is 0.249 e. The van der Waals surface area contributed by atoms with E-state index in [4.69, 9.17) is 34.7 Å². The summed E-state index contributed by atoms with van der Waals surface area (Å²) in [6.45, 7) is 5.23. The van der Waals surface area contributed by atoms with Crippen molar-refractivity contribution in [3.8, 4) is 0 Å². The molecular formula is C32H40Cl2N4O4. The third-order valence-corrected chi connectivity index (χ3v) is 7.75. The predicted octanol–water partition coefficient (Wildman–Crippen LogP) is 4.31. The normalized spacial score (nSPS) is 18.0.